The zero-order valence-corrected chi connectivity index (χ0v) is 13.5. The number of rotatable bonds is 6. The summed E-state index contributed by atoms with van der Waals surface area (Å²) in [6, 6.07) is 7.66. The Morgan fingerprint density at radius 2 is 2.18 bits per heavy atom. The molecule has 0 spiro atoms. The fraction of sp³-hybridized carbons (Fsp3) is 0.412. The smallest absolute Gasteiger partial charge is 0.228 e. The van der Waals surface area contributed by atoms with E-state index in [0.29, 0.717) is 18.7 Å². The van der Waals surface area contributed by atoms with Gasteiger partial charge in [-0.25, -0.2) is 0 Å². The summed E-state index contributed by atoms with van der Waals surface area (Å²) in [5.41, 5.74) is 2.67. The molecular formula is C17H22N2O3. The molecule has 1 atom stereocenters. The molecule has 1 amide bonds. The Bertz CT molecular complexity index is 630. The molecule has 1 N–H and O–H groups in total. The van der Waals surface area contributed by atoms with Crippen molar-refractivity contribution in [2.75, 3.05) is 7.11 Å². The topological polar surface area (TPSA) is 64.4 Å². The van der Waals surface area contributed by atoms with Crippen LogP contribution in [0, 0.1) is 13.8 Å². The maximum Gasteiger partial charge on any atom is 0.228 e. The molecule has 2 aromatic rings. The van der Waals surface area contributed by atoms with E-state index in [-0.39, 0.29) is 11.8 Å². The van der Waals surface area contributed by atoms with Crippen LogP contribution in [0.4, 0.5) is 0 Å². The molecule has 5 nitrogen and oxygen atoms in total. The van der Waals surface area contributed by atoms with E-state index >= 15 is 0 Å². The number of nitrogens with zero attached hydrogens (tertiary/aromatic N) is 1. The maximum atomic E-state index is 12.5. The number of hydrogen-bond acceptors (Lipinski definition) is 4. The van der Waals surface area contributed by atoms with Crippen LogP contribution in [0.5, 0.6) is 5.75 Å². The number of carbonyl (C=O) groups excluding carboxylic acids is 1. The molecule has 0 saturated heterocycles. The van der Waals surface area contributed by atoms with Crippen LogP contribution in [-0.4, -0.2) is 18.2 Å². The second kappa shape index (κ2) is 7.11. The molecule has 5 heteroatoms. The lowest BCUT2D eigenvalue weighted by Gasteiger charge is -2.15. The standard InChI is InChI=1S/C17H22N2O3/c1-5-15(16-11(2)19-22-12(16)3)17(20)18-10-13-7-6-8-14(9-13)21-4/h6-9,15H,5,10H2,1-4H3,(H,18,20)/t15-/m1/s1. The van der Waals surface area contributed by atoms with Crippen LogP contribution >= 0.6 is 0 Å². The fourth-order valence-electron chi connectivity index (χ4n) is 2.60. The highest BCUT2D eigenvalue weighted by atomic mass is 16.5. The van der Waals surface area contributed by atoms with E-state index in [4.69, 9.17) is 9.26 Å². The van der Waals surface area contributed by atoms with Gasteiger partial charge in [-0.3, -0.25) is 4.79 Å². The Labute approximate surface area is 130 Å². The monoisotopic (exact) mass is 302 g/mol. The molecule has 0 radical (unpaired) electrons. The van der Waals surface area contributed by atoms with Crippen molar-refractivity contribution in [2.45, 2.75) is 39.7 Å². The highest BCUT2D eigenvalue weighted by molar-refractivity contribution is 5.84. The van der Waals surface area contributed by atoms with Gasteiger partial charge in [-0.15, -0.1) is 0 Å². The quantitative estimate of drug-likeness (QED) is 0.890. The molecule has 1 heterocycles. The molecule has 0 aliphatic heterocycles. The molecule has 1 aromatic heterocycles. The molecule has 2 rings (SSSR count). The summed E-state index contributed by atoms with van der Waals surface area (Å²) in [7, 11) is 1.63. The first kappa shape index (κ1) is 16.1. The highest BCUT2D eigenvalue weighted by Gasteiger charge is 2.25. The molecule has 0 fully saturated rings. The molecule has 0 bridgehead atoms. The SMILES string of the molecule is CC[C@@H](C(=O)NCc1cccc(OC)c1)c1c(C)noc1C. The lowest BCUT2D eigenvalue weighted by molar-refractivity contribution is -0.122. The average Bonchev–Trinajstić information content (AvgIpc) is 2.86. The van der Waals surface area contributed by atoms with Gasteiger partial charge in [0.05, 0.1) is 18.7 Å². The summed E-state index contributed by atoms with van der Waals surface area (Å²) < 4.78 is 10.4. The van der Waals surface area contributed by atoms with Gasteiger partial charge in [-0.2, -0.15) is 0 Å². The van der Waals surface area contributed by atoms with Gasteiger partial charge in [0.2, 0.25) is 5.91 Å². The van der Waals surface area contributed by atoms with Crippen LogP contribution in [0.25, 0.3) is 0 Å². The molecular weight excluding hydrogens is 280 g/mol. The molecule has 1 aromatic carbocycles. The van der Waals surface area contributed by atoms with Gasteiger partial charge in [0.25, 0.3) is 0 Å². The molecule has 0 aliphatic carbocycles. The van der Waals surface area contributed by atoms with E-state index < -0.39 is 0 Å². The van der Waals surface area contributed by atoms with Gasteiger partial charge in [0.15, 0.2) is 0 Å². The van der Waals surface area contributed by atoms with Gasteiger partial charge < -0.3 is 14.6 Å². The van der Waals surface area contributed by atoms with E-state index in [1.807, 2.05) is 45.0 Å². The van der Waals surface area contributed by atoms with E-state index in [9.17, 15) is 4.79 Å². The Hall–Kier alpha value is -2.30. The molecule has 0 unspecified atom stereocenters. The first-order valence-corrected chi connectivity index (χ1v) is 7.40. The minimum Gasteiger partial charge on any atom is -0.497 e. The van der Waals surface area contributed by atoms with E-state index in [2.05, 4.69) is 10.5 Å². The number of amides is 1. The van der Waals surface area contributed by atoms with E-state index in [1.54, 1.807) is 7.11 Å². The fourth-order valence-corrected chi connectivity index (χ4v) is 2.60. The molecule has 0 saturated carbocycles. The lowest BCUT2D eigenvalue weighted by Crippen LogP contribution is -2.29. The predicted molar refractivity (Wildman–Crippen MR) is 83.8 cm³/mol. The number of nitrogens with one attached hydrogen (secondary N) is 1. The molecule has 0 aliphatic rings. The van der Waals surface area contributed by atoms with E-state index in [1.165, 1.54) is 0 Å². The zero-order valence-electron chi connectivity index (χ0n) is 13.5. The normalized spacial score (nSPS) is 12.0. The van der Waals surface area contributed by atoms with Crippen LogP contribution in [-0.2, 0) is 11.3 Å². The summed E-state index contributed by atoms with van der Waals surface area (Å²) in [5.74, 6) is 1.24. The Kier molecular flexibility index (Phi) is 5.20. The number of aromatic nitrogens is 1. The summed E-state index contributed by atoms with van der Waals surface area (Å²) >= 11 is 0. The van der Waals surface area contributed by atoms with Crippen molar-refractivity contribution in [2.24, 2.45) is 0 Å². The number of benzene rings is 1. The minimum absolute atomic E-state index is 0.0141. The number of aryl methyl sites for hydroxylation is 2. The largest absolute Gasteiger partial charge is 0.497 e. The second-order valence-corrected chi connectivity index (χ2v) is 5.27. The summed E-state index contributed by atoms with van der Waals surface area (Å²) in [6.45, 7) is 6.16. The molecule has 22 heavy (non-hydrogen) atoms. The number of hydrogen-bond donors (Lipinski definition) is 1. The third-order valence-electron chi connectivity index (χ3n) is 3.76. The lowest BCUT2D eigenvalue weighted by atomic mass is 9.94. The first-order chi connectivity index (χ1) is 10.6. The zero-order chi connectivity index (χ0) is 16.1. The van der Waals surface area contributed by atoms with Gasteiger partial charge in [-0.1, -0.05) is 24.2 Å². The Balaban J connectivity index is 2.07. The second-order valence-electron chi connectivity index (χ2n) is 5.27. The van der Waals surface area contributed by atoms with Crippen LogP contribution in [0.3, 0.4) is 0 Å². The number of carbonyl (C=O) groups is 1. The minimum atomic E-state index is -0.239. The average molecular weight is 302 g/mol. The Morgan fingerprint density at radius 3 is 2.77 bits per heavy atom. The van der Waals surface area contributed by atoms with E-state index in [0.717, 1.165) is 22.6 Å². The summed E-state index contributed by atoms with van der Waals surface area (Å²) in [4.78, 5) is 12.5. The van der Waals surface area contributed by atoms with Gasteiger partial charge in [-0.05, 0) is 38.0 Å². The third kappa shape index (κ3) is 3.47. The van der Waals surface area contributed by atoms with Crippen LogP contribution < -0.4 is 10.1 Å². The van der Waals surface area contributed by atoms with Gasteiger partial charge >= 0.3 is 0 Å². The van der Waals surface area contributed by atoms with Crippen LogP contribution in [0.1, 0.15) is 41.8 Å². The van der Waals surface area contributed by atoms with Crippen molar-refractivity contribution in [1.82, 2.24) is 10.5 Å². The van der Waals surface area contributed by atoms with Crippen molar-refractivity contribution >= 4 is 5.91 Å². The van der Waals surface area contributed by atoms with Crippen LogP contribution in [0.15, 0.2) is 28.8 Å². The van der Waals surface area contributed by atoms with Crippen molar-refractivity contribution in [3.63, 3.8) is 0 Å². The Morgan fingerprint density at radius 1 is 1.41 bits per heavy atom. The third-order valence-corrected chi connectivity index (χ3v) is 3.76. The van der Waals surface area contributed by atoms with Crippen molar-refractivity contribution in [3.05, 3.63) is 46.8 Å². The molecule has 118 valence electrons. The first-order valence-electron chi connectivity index (χ1n) is 7.40. The summed E-state index contributed by atoms with van der Waals surface area (Å²) in [5, 5.41) is 6.92. The highest BCUT2D eigenvalue weighted by Crippen LogP contribution is 2.26. The number of ether oxygens (including phenoxy) is 1. The van der Waals surface area contributed by atoms with Crippen LogP contribution in [0.2, 0.25) is 0 Å². The maximum absolute atomic E-state index is 12.5. The van der Waals surface area contributed by atoms with Crippen molar-refractivity contribution in [3.8, 4) is 5.75 Å². The predicted octanol–water partition coefficient (Wildman–Crippen LogP) is 3.11. The van der Waals surface area contributed by atoms with Crippen molar-refractivity contribution < 1.29 is 14.1 Å². The van der Waals surface area contributed by atoms with Gasteiger partial charge in [0, 0.05) is 12.1 Å². The van der Waals surface area contributed by atoms with Crippen molar-refractivity contribution in [1.29, 1.82) is 0 Å². The summed E-state index contributed by atoms with van der Waals surface area (Å²) in [6.07, 6.45) is 0.701. The number of methoxy groups -OCH3 is 1. The van der Waals surface area contributed by atoms with Gasteiger partial charge in [0.1, 0.15) is 11.5 Å².